The average molecular weight is 242 g/mol. The van der Waals surface area contributed by atoms with Gasteiger partial charge < -0.3 is 15.8 Å². The highest BCUT2D eigenvalue weighted by Gasteiger charge is 2.22. The van der Waals surface area contributed by atoms with Gasteiger partial charge in [-0.25, -0.2) is 9.97 Å². The van der Waals surface area contributed by atoms with Crippen LogP contribution in [0.4, 0.5) is 11.6 Å². The van der Waals surface area contributed by atoms with Gasteiger partial charge in [-0.05, 0) is 11.6 Å². The Hall–Kier alpha value is -2.30. The molecule has 2 aromatic rings. The van der Waals surface area contributed by atoms with Gasteiger partial charge in [0.2, 0.25) is 0 Å². The summed E-state index contributed by atoms with van der Waals surface area (Å²) >= 11 is 0. The predicted molar refractivity (Wildman–Crippen MR) is 69.5 cm³/mol. The molecule has 1 atom stereocenters. The molecule has 3 rings (SSSR count). The Labute approximate surface area is 105 Å². The maximum absolute atomic E-state index is 5.82. The van der Waals surface area contributed by atoms with Gasteiger partial charge in [-0.15, -0.1) is 0 Å². The Morgan fingerprint density at radius 2 is 2.11 bits per heavy atom. The van der Waals surface area contributed by atoms with Crippen molar-refractivity contribution in [1.29, 1.82) is 0 Å². The normalized spacial score (nSPS) is 17.0. The number of hydrogen-bond donors (Lipinski definition) is 2. The van der Waals surface area contributed by atoms with Gasteiger partial charge in [0.1, 0.15) is 11.9 Å². The zero-order chi connectivity index (χ0) is 12.4. The third-order valence-electron chi connectivity index (χ3n) is 2.94. The number of nitrogens with one attached hydrogen (secondary N) is 1. The third-order valence-corrected chi connectivity index (χ3v) is 2.94. The van der Waals surface area contributed by atoms with Crippen LogP contribution in [0.15, 0.2) is 36.7 Å². The summed E-state index contributed by atoms with van der Waals surface area (Å²) in [5.41, 5.74) is 6.96. The van der Waals surface area contributed by atoms with Crippen molar-refractivity contribution in [2.24, 2.45) is 0 Å². The number of anilines is 2. The molecule has 0 spiro atoms. The molecule has 2 heterocycles. The maximum Gasteiger partial charge on any atom is 0.169 e. The number of para-hydroxylation sites is 1. The molecule has 3 N–H and O–H groups in total. The minimum absolute atomic E-state index is 0.115. The van der Waals surface area contributed by atoms with Crippen LogP contribution in [0.3, 0.4) is 0 Å². The lowest BCUT2D eigenvalue weighted by atomic mass is 10.1. The zero-order valence-electron chi connectivity index (χ0n) is 9.84. The van der Waals surface area contributed by atoms with Crippen molar-refractivity contribution in [2.75, 3.05) is 17.6 Å². The Balaban J connectivity index is 1.62. The Bertz CT molecular complexity index is 533. The van der Waals surface area contributed by atoms with Crippen LogP contribution in [0.5, 0.6) is 5.75 Å². The first kappa shape index (κ1) is 10.8. The van der Waals surface area contributed by atoms with Crippen LogP contribution < -0.4 is 15.8 Å². The number of nitrogen functional groups attached to an aromatic ring is 1. The molecule has 18 heavy (non-hydrogen) atoms. The van der Waals surface area contributed by atoms with Crippen LogP contribution in [0.1, 0.15) is 5.56 Å². The minimum atomic E-state index is 0.115. The Kier molecular flexibility index (Phi) is 2.72. The molecule has 92 valence electrons. The molecular weight excluding hydrogens is 228 g/mol. The SMILES string of the molecule is Nc1nccnc1NCC1Cc2ccccc2O1. The van der Waals surface area contributed by atoms with Gasteiger partial charge >= 0.3 is 0 Å². The largest absolute Gasteiger partial charge is 0.488 e. The fourth-order valence-corrected chi connectivity index (χ4v) is 2.06. The molecular formula is C13H14N4O. The topological polar surface area (TPSA) is 73.1 Å². The summed E-state index contributed by atoms with van der Waals surface area (Å²) in [7, 11) is 0. The summed E-state index contributed by atoms with van der Waals surface area (Å²) in [6.45, 7) is 0.664. The number of nitrogens with zero attached hydrogens (tertiary/aromatic N) is 2. The number of benzene rings is 1. The molecule has 5 heteroatoms. The molecule has 1 aliphatic heterocycles. The van der Waals surface area contributed by atoms with Gasteiger partial charge in [0.05, 0.1) is 6.54 Å². The van der Waals surface area contributed by atoms with Crippen molar-refractivity contribution < 1.29 is 4.74 Å². The number of nitrogens with two attached hydrogens (primary N) is 1. The lowest BCUT2D eigenvalue weighted by Gasteiger charge is -2.12. The van der Waals surface area contributed by atoms with Gasteiger partial charge in [-0.3, -0.25) is 0 Å². The average Bonchev–Trinajstić information content (AvgIpc) is 2.80. The van der Waals surface area contributed by atoms with Crippen molar-refractivity contribution in [3.63, 3.8) is 0 Å². The molecule has 0 aliphatic carbocycles. The van der Waals surface area contributed by atoms with Gasteiger partial charge in [0, 0.05) is 18.8 Å². The second kappa shape index (κ2) is 4.52. The fraction of sp³-hybridized carbons (Fsp3) is 0.231. The van der Waals surface area contributed by atoms with Crippen LogP contribution in [-0.4, -0.2) is 22.6 Å². The quantitative estimate of drug-likeness (QED) is 0.852. The number of fused-ring (bicyclic) bond motifs is 1. The first-order valence-corrected chi connectivity index (χ1v) is 5.88. The van der Waals surface area contributed by atoms with E-state index in [1.165, 1.54) is 5.56 Å². The van der Waals surface area contributed by atoms with E-state index in [4.69, 9.17) is 10.5 Å². The first-order chi connectivity index (χ1) is 8.83. The lowest BCUT2D eigenvalue weighted by molar-refractivity contribution is 0.246. The standard InChI is InChI=1S/C13H14N4O/c14-12-13(16-6-5-15-12)17-8-10-7-9-3-1-2-4-11(9)18-10/h1-6,10H,7-8H2,(H2,14,15)(H,16,17). The monoisotopic (exact) mass is 242 g/mol. The third kappa shape index (κ3) is 2.07. The second-order valence-electron chi connectivity index (χ2n) is 4.22. The van der Waals surface area contributed by atoms with Crippen LogP contribution in [0.25, 0.3) is 0 Å². The smallest absolute Gasteiger partial charge is 0.169 e. The molecule has 0 radical (unpaired) electrons. The number of rotatable bonds is 3. The van der Waals surface area contributed by atoms with E-state index in [1.54, 1.807) is 12.4 Å². The van der Waals surface area contributed by atoms with Crippen LogP contribution >= 0.6 is 0 Å². The molecule has 1 aliphatic rings. The van der Waals surface area contributed by atoms with Crippen LogP contribution in [0, 0.1) is 0 Å². The summed E-state index contributed by atoms with van der Waals surface area (Å²) in [5.74, 6) is 1.99. The van der Waals surface area contributed by atoms with Crippen molar-refractivity contribution in [3.8, 4) is 5.75 Å². The van der Waals surface area contributed by atoms with E-state index < -0.39 is 0 Å². The molecule has 0 saturated heterocycles. The Morgan fingerprint density at radius 1 is 1.28 bits per heavy atom. The number of hydrogen-bond acceptors (Lipinski definition) is 5. The van der Waals surface area contributed by atoms with E-state index >= 15 is 0 Å². The highest BCUT2D eigenvalue weighted by atomic mass is 16.5. The van der Waals surface area contributed by atoms with Gasteiger partial charge in [-0.1, -0.05) is 18.2 Å². The van der Waals surface area contributed by atoms with Crippen molar-refractivity contribution in [2.45, 2.75) is 12.5 Å². The van der Waals surface area contributed by atoms with E-state index in [1.807, 2.05) is 18.2 Å². The van der Waals surface area contributed by atoms with Crippen molar-refractivity contribution in [3.05, 3.63) is 42.2 Å². The first-order valence-electron chi connectivity index (χ1n) is 5.88. The second-order valence-corrected chi connectivity index (χ2v) is 4.22. The van der Waals surface area contributed by atoms with Crippen LogP contribution in [-0.2, 0) is 6.42 Å². The minimum Gasteiger partial charge on any atom is -0.488 e. The molecule has 0 saturated carbocycles. The zero-order valence-corrected chi connectivity index (χ0v) is 9.84. The fourth-order valence-electron chi connectivity index (χ4n) is 2.06. The van der Waals surface area contributed by atoms with E-state index in [2.05, 4.69) is 21.4 Å². The van der Waals surface area contributed by atoms with Crippen molar-refractivity contribution in [1.82, 2.24) is 9.97 Å². The number of ether oxygens (including phenoxy) is 1. The highest BCUT2D eigenvalue weighted by molar-refractivity contribution is 5.55. The summed E-state index contributed by atoms with van der Waals surface area (Å²) < 4.78 is 5.82. The molecule has 0 bridgehead atoms. The lowest BCUT2D eigenvalue weighted by Crippen LogP contribution is -2.24. The summed E-state index contributed by atoms with van der Waals surface area (Å²) in [6.07, 6.45) is 4.21. The number of aromatic nitrogens is 2. The molecule has 0 fully saturated rings. The van der Waals surface area contributed by atoms with E-state index in [-0.39, 0.29) is 6.10 Å². The summed E-state index contributed by atoms with van der Waals surface area (Å²) in [5, 5.41) is 3.17. The molecule has 1 unspecified atom stereocenters. The summed E-state index contributed by atoms with van der Waals surface area (Å²) in [6, 6.07) is 8.09. The maximum atomic E-state index is 5.82. The van der Waals surface area contributed by atoms with E-state index in [9.17, 15) is 0 Å². The predicted octanol–water partition coefficient (Wildman–Crippen LogP) is 1.47. The van der Waals surface area contributed by atoms with E-state index in [0.717, 1.165) is 12.2 Å². The highest BCUT2D eigenvalue weighted by Crippen LogP contribution is 2.28. The molecule has 0 amide bonds. The molecule has 1 aromatic heterocycles. The van der Waals surface area contributed by atoms with Crippen LogP contribution in [0.2, 0.25) is 0 Å². The summed E-state index contributed by atoms with van der Waals surface area (Å²) in [4.78, 5) is 8.11. The van der Waals surface area contributed by atoms with Crippen molar-refractivity contribution >= 4 is 11.6 Å². The van der Waals surface area contributed by atoms with Gasteiger partial charge in [0.25, 0.3) is 0 Å². The van der Waals surface area contributed by atoms with Gasteiger partial charge in [-0.2, -0.15) is 0 Å². The van der Waals surface area contributed by atoms with Gasteiger partial charge in [0.15, 0.2) is 11.6 Å². The Morgan fingerprint density at radius 3 is 2.94 bits per heavy atom. The van der Waals surface area contributed by atoms with E-state index in [0.29, 0.717) is 18.2 Å². The molecule has 1 aromatic carbocycles. The molecule has 5 nitrogen and oxygen atoms in total.